The lowest BCUT2D eigenvalue weighted by atomic mass is 9.83. The zero-order valence-electron chi connectivity index (χ0n) is 21.8. The molecular formula is C27H27Cl4F2N3O4. The summed E-state index contributed by atoms with van der Waals surface area (Å²) in [5.74, 6) is -7.17. The Balaban J connectivity index is 1.83. The summed E-state index contributed by atoms with van der Waals surface area (Å²) in [4.78, 5) is 42.3. The minimum atomic E-state index is -3.32. The molecule has 0 aliphatic carbocycles. The first-order valence-electron chi connectivity index (χ1n) is 12.5. The van der Waals surface area contributed by atoms with Crippen LogP contribution in [0, 0.1) is 11.8 Å². The highest BCUT2D eigenvalue weighted by Crippen LogP contribution is 2.52. The first-order chi connectivity index (χ1) is 18.6. The minimum Gasteiger partial charge on any atom is -0.481 e. The number of benzene rings is 2. The maximum atomic E-state index is 15.2. The first kappa shape index (κ1) is 30.8. The Labute approximate surface area is 250 Å². The van der Waals surface area contributed by atoms with Crippen molar-refractivity contribution in [3.05, 3.63) is 56.0 Å². The number of amides is 2. The van der Waals surface area contributed by atoms with E-state index in [1.807, 2.05) is 13.8 Å². The highest BCUT2D eigenvalue weighted by molar-refractivity contribution is 6.38. The SMILES string of the molecule is CC(C)CN(C(=O)[C@H](C)[C@H]1CC(F)(F)CN1[C@@]1(CC(=O)O)C(=O)Nc2c(Cl)cc(Cl)cc21)c1cc(Cl)cc(Cl)c1. The Hall–Kier alpha value is -2.17. The third-order valence-electron chi connectivity index (χ3n) is 7.26. The fraction of sp³-hybridized carbons (Fsp3) is 0.444. The number of hydrogen-bond donors (Lipinski definition) is 2. The average molecular weight is 637 g/mol. The number of nitrogens with zero attached hydrogens (tertiary/aromatic N) is 2. The standard InChI is InChI=1S/C27H27Cl4F2N3O4/c1-13(2)11-35(18-5-15(28)4-16(29)6-18)24(39)14(3)21-9-26(32,33)12-36(21)27(10-22(37)38)19-7-17(30)8-20(31)23(19)34-25(27)40/h4-8,13-14,21H,9-12H2,1-3H3,(H,34,40)(H,37,38)/t14-,21-,27-/m1/s1. The van der Waals surface area contributed by atoms with Crippen LogP contribution >= 0.6 is 46.4 Å². The fourth-order valence-corrected chi connectivity index (χ4v) is 6.71. The van der Waals surface area contributed by atoms with E-state index in [0.717, 1.165) is 4.90 Å². The quantitative estimate of drug-likeness (QED) is 0.327. The van der Waals surface area contributed by atoms with Gasteiger partial charge in [0.1, 0.15) is 5.54 Å². The number of hydrogen-bond acceptors (Lipinski definition) is 4. The minimum absolute atomic E-state index is 0.00912. The number of rotatable bonds is 8. The van der Waals surface area contributed by atoms with Crippen LogP contribution in [0.1, 0.15) is 39.2 Å². The highest BCUT2D eigenvalue weighted by atomic mass is 35.5. The molecule has 0 aromatic heterocycles. The number of anilines is 2. The average Bonchev–Trinajstić information content (AvgIpc) is 3.29. The van der Waals surface area contributed by atoms with Crippen molar-refractivity contribution in [1.82, 2.24) is 4.90 Å². The normalized spacial score (nSPS) is 22.8. The van der Waals surface area contributed by atoms with Crippen molar-refractivity contribution in [3.8, 4) is 0 Å². The molecule has 216 valence electrons. The molecule has 2 aromatic carbocycles. The van der Waals surface area contributed by atoms with Crippen molar-refractivity contribution in [2.75, 3.05) is 23.3 Å². The molecule has 0 unspecified atom stereocenters. The molecule has 0 saturated carbocycles. The number of carbonyl (C=O) groups excluding carboxylic acids is 2. The molecule has 7 nitrogen and oxygen atoms in total. The molecule has 0 spiro atoms. The van der Waals surface area contributed by atoms with Gasteiger partial charge in [0.2, 0.25) is 11.8 Å². The fourth-order valence-electron chi connectivity index (χ4n) is 5.65. The lowest BCUT2D eigenvalue weighted by Gasteiger charge is -2.42. The highest BCUT2D eigenvalue weighted by Gasteiger charge is 2.62. The van der Waals surface area contributed by atoms with Crippen molar-refractivity contribution in [2.24, 2.45) is 11.8 Å². The lowest BCUT2D eigenvalue weighted by molar-refractivity contribution is -0.147. The summed E-state index contributed by atoms with van der Waals surface area (Å²) in [6.07, 6.45) is -1.63. The Morgan fingerprint density at radius 2 is 1.68 bits per heavy atom. The molecule has 2 heterocycles. The summed E-state index contributed by atoms with van der Waals surface area (Å²) in [5, 5.41) is 13.2. The van der Waals surface area contributed by atoms with Gasteiger partial charge in [0.25, 0.3) is 5.92 Å². The second kappa shape index (κ2) is 11.2. The van der Waals surface area contributed by atoms with Gasteiger partial charge in [-0.05, 0) is 36.2 Å². The van der Waals surface area contributed by atoms with Crippen molar-refractivity contribution in [2.45, 2.75) is 51.1 Å². The predicted octanol–water partition coefficient (Wildman–Crippen LogP) is 6.96. The van der Waals surface area contributed by atoms with Crippen molar-refractivity contribution in [1.29, 1.82) is 0 Å². The van der Waals surface area contributed by atoms with Crippen LogP contribution in [0.5, 0.6) is 0 Å². The van der Waals surface area contributed by atoms with Crippen LogP contribution in [0.15, 0.2) is 30.3 Å². The summed E-state index contributed by atoms with van der Waals surface area (Å²) in [6, 6.07) is 6.11. The largest absolute Gasteiger partial charge is 0.481 e. The van der Waals surface area contributed by atoms with Crippen molar-refractivity contribution < 1.29 is 28.3 Å². The van der Waals surface area contributed by atoms with E-state index < -0.39 is 60.6 Å². The van der Waals surface area contributed by atoms with E-state index in [-0.39, 0.29) is 33.8 Å². The maximum absolute atomic E-state index is 15.2. The van der Waals surface area contributed by atoms with Gasteiger partial charge in [-0.15, -0.1) is 0 Å². The van der Waals surface area contributed by atoms with E-state index in [0.29, 0.717) is 15.7 Å². The second-order valence-corrected chi connectivity index (χ2v) is 12.4. The third kappa shape index (κ3) is 5.77. The molecule has 0 radical (unpaired) electrons. The number of carbonyl (C=O) groups is 3. The van der Waals surface area contributed by atoms with Crippen molar-refractivity contribution in [3.63, 3.8) is 0 Å². The number of aliphatic carboxylic acids is 1. The number of nitrogens with one attached hydrogen (secondary N) is 1. The van der Waals surface area contributed by atoms with Gasteiger partial charge in [0.15, 0.2) is 0 Å². The zero-order valence-corrected chi connectivity index (χ0v) is 24.8. The molecule has 2 amide bonds. The Bertz CT molecular complexity index is 1360. The van der Waals surface area contributed by atoms with E-state index in [1.54, 1.807) is 12.1 Å². The molecule has 4 rings (SSSR count). The maximum Gasteiger partial charge on any atom is 0.306 e. The van der Waals surface area contributed by atoms with Crippen LogP contribution < -0.4 is 10.2 Å². The van der Waals surface area contributed by atoms with E-state index in [4.69, 9.17) is 46.4 Å². The van der Waals surface area contributed by atoms with E-state index in [9.17, 15) is 19.5 Å². The summed E-state index contributed by atoms with van der Waals surface area (Å²) in [7, 11) is 0. The predicted molar refractivity (Wildman–Crippen MR) is 152 cm³/mol. The first-order valence-corrected chi connectivity index (χ1v) is 14.0. The topological polar surface area (TPSA) is 90.0 Å². The summed E-state index contributed by atoms with van der Waals surface area (Å²) in [6.45, 7) is 4.56. The molecule has 2 aliphatic heterocycles. The Kier molecular flexibility index (Phi) is 8.66. The van der Waals surface area contributed by atoms with Gasteiger partial charge >= 0.3 is 5.97 Å². The van der Waals surface area contributed by atoms with Gasteiger partial charge in [0.05, 0.1) is 29.6 Å². The van der Waals surface area contributed by atoms with Crippen LogP contribution in [0.4, 0.5) is 20.2 Å². The van der Waals surface area contributed by atoms with Crippen LogP contribution in [-0.4, -0.2) is 52.8 Å². The molecule has 1 saturated heterocycles. The molecule has 2 aromatic rings. The van der Waals surface area contributed by atoms with Crippen LogP contribution in [0.2, 0.25) is 20.1 Å². The van der Waals surface area contributed by atoms with Crippen LogP contribution in [0.25, 0.3) is 0 Å². The molecule has 40 heavy (non-hydrogen) atoms. The van der Waals surface area contributed by atoms with E-state index in [2.05, 4.69) is 5.32 Å². The van der Waals surface area contributed by atoms with Gasteiger partial charge in [-0.2, -0.15) is 0 Å². The summed E-state index contributed by atoms with van der Waals surface area (Å²) in [5.41, 5.74) is -1.53. The van der Waals surface area contributed by atoms with Gasteiger partial charge in [-0.3, -0.25) is 19.3 Å². The smallest absolute Gasteiger partial charge is 0.306 e. The summed E-state index contributed by atoms with van der Waals surface area (Å²) < 4.78 is 30.4. The number of halogens is 6. The van der Waals surface area contributed by atoms with Gasteiger partial charge in [0, 0.05) is 45.3 Å². The number of alkyl halides is 2. The zero-order chi connectivity index (χ0) is 29.7. The van der Waals surface area contributed by atoms with Crippen LogP contribution in [-0.2, 0) is 19.9 Å². The molecule has 1 fully saturated rings. The molecular weight excluding hydrogens is 610 g/mol. The molecule has 2 aliphatic rings. The Morgan fingerprint density at radius 1 is 1.07 bits per heavy atom. The number of carboxylic acid groups (broad SMARTS) is 1. The Morgan fingerprint density at radius 3 is 2.25 bits per heavy atom. The summed E-state index contributed by atoms with van der Waals surface area (Å²) >= 11 is 24.9. The van der Waals surface area contributed by atoms with Gasteiger partial charge in [-0.1, -0.05) is 67.2 Å². The third-order valence-corrected chi connectivity index (χ3v) is 8.21. The van der Waals surface area contributed by atoms with Gasteiger partial charge < -0.3 is 15.3 Å². The monoisotopic (exact) mass is 635 g/mol. The molecule has 3 atom stereocenters. The van der Waals surface area contributed by atoms with Gasteiger partial charge in [-0.25, -0.2) is 8.78 Å². The molecule has 0 bridgehead atoms. The number of carboxylic acids is 1. The molecule has 13 heteroatoms. The van der Waals surface area contributed by atoms with E-state index in [1.165, 1.54) is 30.0 Å². The number of fused-ring (bicyclic) bond motifs is 1. The second-order valence-electron chi connectivity index (χ2n) is 10.7. The van der Waals surface area contributed by atoms with Crippen molar-refractivity contribution >= 4 is 75.6 Å². The number of likely N-dealkylation sites (tertiary alicyclic amines) is 1. The van der Waals surface area contributed by atoms with Crippen LogP contribution in [0.3, 0.4) is 0 Å². The lowest BCUT2D eigenvalue weighted by Crippen LogP contribution is -2.57. The molecule has 2 N–H and O–H groups in total. The van der Waals surface area contributed by atoms with E-state index >= 15 is 8.78 Å².